The average Bonchev–Trinajstić information content (AvgIpc) is 3.22. The molecule has 0 spiro atoms. The van der Waals surface area contributed by atoms with Gasteiger partial charge in [0.05, 0.1) is 10.6 Å². The molecule has 9 nitrogen and oxygen atoms in total. The van der Waals surface area contributed by atoms with E-state index in [0.717, 1.165) is 0 Å². The van der Waals surface area contributed by atoms with E-state index in [1.165, 1.54) is 52.7 Å². The second-order valence-corrected chi connectivity index (χ2v) is 9.62. The Kier molecular flexibility index (Phi) is 6.96. The number of nitrogens with zero attached hydrogens (tertiary/aromatic N) is 4. The van der Waals surface area contributed by atoms with E-state index in [1.807, 2.05) is 0 Å². The minimum absolute atomic E-state index is 0.101. The molecule has 0 saturated carbocycles. The van der Waals surface area contributed by atoms with Gasteiger partial charge in [0.1, 0.15) is 10.8 Å². The zero-order valence-corrected chi connectivity index (χ0v) is 18.8. The molecule has 33 heavy (non-hydrogen) atoms. The molecule has 1 amide bonds. The Morgan fingerprint density at radius 3 is 2.52 bits per heavy atom. The number of halogens is 1. The van der Waals surface area contributed by atoms with Crippen molar-refractivity contribution >= 4 is 39.0 Å². The van der Waals surface area contributed by atoms with Gasteiger partial charge in [0.2, 0.25) is 15.9 Å². The Balaban J connectivity index is 1.36. The molecular weight excluding hydrogens is 467 g/mol. The van der Waals surface area contributed by atoms with Crippen LogP contribution in [0.25, 0.3) is 5.65 Å². The lowest BCUT2D eigenvalue weighted by Gasteiger charge is -2.07. The molecule has 2 aromatic heterocycles. The van der Waals surface area contributed by atoms with Crippen molar-refractivity contribution in [1.82, 2.24) is 24.5 Å². The largest absolute Gasteiger partial charge is 0.325 e. The van der Waals surface area contributed by atoms with Gasteiger partial charge >= 0.3 is 0 Å². The number of benzene rings is 2. The van der Waals surface area contributed by atoms with Crippen LogP contribution in [0.2, 0.25) is 0 Å². The summed E-state index contributed by atoms with van der Waals surface area (Å²) in [6, 6.07) is 17.0. The first-order valence-electron chi connectivity index (χ1n) is 9.85. The number of amides is 1. The van der Waals surface area contributed by atoms with Gasteiger partial charge in [-0.1, -0.05) is 30.0 Å². The Hall–Kier alpha value is -3.35. The zero-order chi connectivity index (χ0) is 23.3. The van der Waals surface area contributed by atoms with E-state index in [4.69, 9.17) is 0 Å². The molecule has 0 aliphatic heterocycles. The molecule has 12 heteroatoms. The summed E-state index contributed by atoms with van der Waals surface area (Å²) in [7, 11) is -3.62. The zero-order valence-electron chi connectivity index (χ0n) is 17.2. The lowest BCUT2D eigenvalue weighted by molar-refractivity contribution is -0.113. The van der Waals surface area contributed by atoms with Crippen LogP contribution < -0.4 is 10.0 Å². The molecule has 0 unspecified atom stereocenters. The third-order valence-electron chi connectivity index (χ3n) is 4.48. The van der Waals surface area contributed by atoms with Gasteiger partial charge in [0, 0.05) is 18.7 Å². The summed E-state index contributed by atoms with van der Waals surface area (Å²) in [6.07, 6.45) is 0.277. The minimum Gasteiger partial charge on any atom is -0.325 e. The molecule has 0 atom stereocenters. The van der Waals surface area contributed by atoms with Gasteiger partial charge in [-0.3, -0.25) is 4.79 Å². The predicted octanol–water partition coefficient (Wildman–Crippen LogP) is 2.52. The molecule has 0 aliphatic rings. The maximum atomic E-state index is 13.0. The van der Waals surface area contributed by atoms with Crippen molar-refractivity contribution in [2.24, 2.45) is 0 Å². The fourth-order valence-corrected chi connectivity index (χ4v) is 4.61. The monoisotopic (exact) mass is 486 g/mol. The Morgan fingerprint density at radius 2 is 1.76 bits per heavy atom. The number of rotatable bonds is 9. The summed E-state index contributed by atoms with van der Waals surface area (Å²) >= 11 is 1.22. The van der Waals surface area contributed by atoms with E-state index in [9.17, 15) is 17.6 Å². The number of carbonyl (C=O) groups excluding carboxylic acids is 1. The van der Waals surface area contributed by atoms with Gasteiger partial charge in [0.15, 0.2) is 11.5 Å². The van der Waals surface area contributed by atoms with Crippen LogP contribution in [0.15, 0.2) is 76.7 Å². The molecule has 170 valence electrons. The van der Waals surface area contributed by atoms with Gasteiger partial charge < -0.3 is 5.32 Å². The number of nitrogens with one attached hydrogen (secondary N) is 2. The Morgan fingerprint density at radius 1 is 1.00 bits per heavy atom. The standard InChI is InChI=1S/C21H19FN6O3S2/c22-15-6-8-16(9-7-15)24-20(29)14-32-21-11-10-18-25-26-19(28(18)27-21)12-13-23-33(30,31)17-4-2-1-3-5-17/h1-11,23H,12-14H2,(H,24,29). The van der Waals surface area contributed by atoms with Crippen molar-refractivity contribution in [3.05, 3.63) is 78.4 Å². The second-order valence-electron chi connectivity index (χ2n) is 6.86. The minimum atomic E-state index is -3.62. The highest BCUT2D eigenvalue weighted by molar-refractivity contribution is 7.99. The molecule has 2 heterocycles. The first-order chi connectivity index (χ1) is 15.9. The molecule has 2 aromatic carbocycles. The van der Waals surface area contributed by atoms with Gasteiger partial charge in [-0.05, 0) is 48.5 Å². The summed E-state index contributed by atoms with van der Waals surface area (Å²) in [5.74, 6) is -0.0474. The second kappa shape index (κ2) is 10.1. The van der Waals surface area contributed by atoms with Crippen LogP contribution in [0.1, 0.15) is 5.82 Å². The summed E-state index contributed by atoms with van der Waals surface area (Å²) < 4.78 is 41.7. The number of anilines is 1. The summed E-state index contributed by atoms with van der Waals surface area (Å²) in [4.78, 5) is 12.3. The fourth-order valence-electron chi connectivity index (χ4n) is 2.90. The van der Waals surface area contributed by atoms with Crippen LogP contribution in [-0.2, 0) is 21.2 Å². The van der Waals surface area contributed by atoms with Crippen molar-refractivity contribution in [3.63, 3.8) is 0 Å². The van der Waals surface area contributed by atoms with E-state index in [1.54, 1.807) is 30.3 Å². The van der Waals surface area contributed by atoms with Crippen LogP contribution in [0, 0.1) is 5.82 Å². The summed E-state index contributed by atoms with van der Waals surface area (Å²) in [6.45, 7) is 0.122. The van der Waals surface area contributed by atoms with Crippen molar-refractivity contribution in [2.45, 2.75) is 16.3 Å². The Bertz CT molecular complexity index is 1360. The maximum absolute atomic E-state index is 13.0. The number of aromatic nitrogens is 4. The molecule has 2 N–H and O–H groups in total. The van der Waals surface area contributed by atoms with Crippen LogP contribution in [-0.4, -0.2) is 46.4 Å². The third-order valence-corrected chi connectivity index (χ3v) is 6.87. The van der Waals surface area contributed by atoms with Crippen molar-refractivity contribution < 1.29 is 17.6 Å². The molecule has 4 rings (SSSR count). The number of fused-ring (bicyclic) bond motifs is 1. The van der Waals surface area contributed by atoms with Crippen molar-refractivity contribution in [2.75, 3.05) is 17.6 Å². The van der Waals surface area contributed by atoms with Gasteiger partial charge in [0.25, 0.3) is 0 Å². The number of hydrogen-bond donors (Lipinski definition) is 2. The Labute approximate surface area is 193 Å². The lowest BCUT2D eigenvalue weighted by atomic mass is 10.3. The van der Waals surface area contributed by atoms with E-state index < -0.39 is 10.0 Å². The number of sulfonamides is 1. The van der Waals surface area contributed by atoms with Gasteiger partial charge in [-0.2, -0.15) is 9.61 Å². The van der Waals surface area contributed by atoms with E-state index in [0.29, 0.717) is 22.2 Å². The van der Waals surface area contributed by atoms with Gasteiger partial charge in [-0.15, -0.1) is 10.2 Å². The molecule has 0 radical (unpaired) electrons. The smallest absolute Gasteiger partial charge is 0.240 e. The van der Waals surface area contributed by atoms with Crippen LogP contribution >= 0.6 is 11.8 Å². The lowest BCUT2D eigenvalue weighted by Crippen LogP contribution is -2.26. The van der Waals surface area contributed by atoms with Crippen LogP contribution in [0.4, 0.5) is 10.1 Å². The predicted molar refractivity (Wildman–Crippen MR) is 122 cm³/mol. The first kappa shape index (κ1) is 22.8. The fraction of sp³-hybridized carbons (Fsp3) is 0.143. The topological polar surface area (TPSA) is 118 Å². The summed E-state index contributed by atoms with van der Waals surface area (Å²) in [5.41, 5.74) is 1.01. The number of hydrogen-bond acceptors (Lipinski definition) is 7. The molecule has 4 aromatic rings. The highest BCUT2D eigenvalue weighted by atomic mass is 32.2. The quantitative estimate of drug-likeness (QED) is 0.349. The van der Waals surface area contributed by atoms with Crippen molar-refractivity contribution in [3.8, 4) is 0 Å². The maximum Gasteiger partial charge on any atom is 0.240 e. The highest BCUT2D eigenvalue weighted by Crippen LogP contribution is 2.17. The average molecular weight is 487 g/mol. The third kappa shape index (κ3) is 5.92. The van der Waals surface area contributed by atoms with E-state index >= 15 is 0 Å². The molecule has 0 aliphatic carbocycles. The molecule has 0 bridgehead atoms. The SMILES string of the molecule is O=C(CSc1ccc2nnc(CCNS(=O)(=O)c3ccccc3)n2n1)Nc1ccc(F)cc1. The van der Waals surface area contributed by atoms with E-state index in [-0.39, 0.29) is 35.3 Å². The normalized spacial score (nSPS) is 11.5. The number of thioether (sulfide) groups is 1. The summed E-state index contributed by atoms with van der Waals surface area (Å²) in [5, 5.41) is 15.8. The molecular formula is C21H19FN6O3S2. The van der Waals surface area contributed by atoms with Crippen LogP contribution in [0.3, 0.4) is 0 Å². The van der Waals surface area contributed by atoms with Crippen molar-refractivity contribution in [1.29, 1.82) is 0 Å². The van der Waals surface area contributed by atoms with Crippen LogP contribution in [0.5, 0.6) is 0 Å². The number of carbonyl (C=O) groups is 1. The van der Waals surface area contributed by atoms with E-state index in [2.05, 4.69) is 25.3 Å². The van der Waals surface area contributed by atoms with Gasteiger partial charge in [-0.25, -0.2) is 17.5 Å². The molecule has 0 fully saturated rings. The molecule has 0 saturated heterocycles. The highest BCUT2D eigenvalue weighted by Gasteiger charge is 2.14. The first-order valence-corrected chi connectivity index (χ1v) is 12.3.